The van der Waals surface area contributed by atoms with Crippen LogP contribution < -0.4 is 0 Å². The SMILES string of the molecule is O=C(C1CCC1)N(Cc1ccccc1F)CC1CC(c2ccc(F)cc2)=NO1. The number of hydrogen-bond acceptors (Lipinski definition) is 3. The molecule has 4 nitrogen and oxygen atoms in total. The van der Waals surface area contributed by atoms with E-state index in [9.17, 15) is 13.6 Å². The Hall–Kier alpha value is -2.76. The Bertz CT molecular complexity index is 878. The van der Waals surface area contributed by atoms with Crippen molar-refractivity contribution in [2.45, 2.75) is 38.3 Å². The largest absolute Gasteiger partial charge is 0.390 e. The van der Waals surface area contributed by atoms with Crippen molar-refractivity contribution < 1.29 is 18.4 Å². The Morgan fingerprint density at radius 3 is 2.54 bits per heavy atom. The van der Waals surface area contributed by atoms with Gasteiger partial charge in [-0.15, -0.1) is 0 Å². The van der Waals surface area contributed by atoms with Crippen LogP contribution in [-0.4, -0.2) is 29.2 Å². The maximum atomic E-state index is 14.1. The van der Waals surface area contributed by atoms with Gasteiger partial charge in [-0.3, -0.25) is 4.79 Å². The van der Waals surface area contributed by atoms with Crippen LogP contribution in [0.4, 0.5) is 8.78 Å². The molecular weight excluding hydrogens is 362 g/mol. The maximum absolute atomic E-state index is 14.1. The van der Waals surface area contributed by atoms with Crippen LogP contribution in [-0.2, 0) is 16.2 Å². The van der Waals surface area contributed by atoms with Crippen LogP contribution in [0.15, 0.2) is 53.7 Å². The first-order chi connectivity index (χ1) is 13.6. The molecule has 146 valence electrons. The van der Waals surface area contributed by atoms with Crippen LogP contribution in [0.1, 0.15) is 36.8 Å². The molecule has 1 amide bonds. The summed E-state index contributed by atoms with van der Waals surface area (Å²) in [7, 11) is 0. The number of halogens is 2. The summed E-state index contributed by atoms with van der Waals surface area (Å²) in [5.41, 5.74) is 2.02. The molecule has 0 N–H and O–H groups in total. The van der Waals surface area contributed by atoms with E-state index >= 15 is 0 Å². The van der Waals surface area contributed by atoms with E-state index in [-0.39, 0.29) is 36.1 Å². The minimum absolute atomic E-state index is 0.0191. The minimum Gasteiger partial charge on any atom is -0.390 e. The summed E-state index contributed by atoms with van der Waals surface area (Å²) >= 11 is 0. The standard InChI is InChI=1S/C22H22F2N2O2/c23-18-10-8-15(9-11-18)21-12-19(28-25-21)14-26(22(27)16-5-3-6-16)13-17-4-1-2-7-20(17)24/h1-2,4,7-11,16,19H,3,5-6,12-14H2. The number of benzene rings is 2. The first-order valence-corrected chi connectivity index (χ1v) is 9.61. The zero-order chi connectivity index (χ0) is 19.5. The maximum Gasteiger partial charge on any atom is 0.226 e. The highest BCUT2D eigenvalue weighted by molar-refractivity contribution is 6.01. The molecule has 0 aromatic heterocycles. The van der Waals surface area contributed by atoms with Gasteiger partial charge in [0.15, 0.2) is 6.10 Å². The van der Waals surface area contributed by atoms with Gasteiger partial charge in [-0.25, -0.2) is 8.78 Å². The predicted octanol–water partition coefficient (Wildman–Crippen LogP) is 4.29. The number of nitrogens with zero attached hydrogens (tertiary/aromatic N) is 2. The van der Waals surface area contributed by atoms with Crippen LogP contribution in [0, 0.1) is 17.6 Å². The lowest BCUT2D eigenvalue weighted by Crippen LogP contribution is -2.42. The van der Waals surface area contributed by atoms with Crippen molar-refractivity contribution in [3.63, 3.8) is 0 Å². The zero-order valence-electron chi connectivity index (χ0n) is 15.5. The molecule has 1 aliphatic heterocycles. The number of amides is 1. The smallest absolute Gasteiger partial charge is 0.226 e. The second-order valence-electron chi connectivity index (χ2n) is 7.41. The first-order valence-electron chi connectivity index (χ1n) is 9.61. The lowest BCUT2D eigenvalue weighted by Gasteiger charge is -2.32. The van der Waals surface area contributed by atoms with E-state index in [2.05, 4.69) is 5.16 Å². The summed E-state index contributed by atoms with van der Waals surface area (Å²) < 4.78 is 27.2. The molecule has 4 rings (SSSR count). The van der Waals surface area contributed by atoms with E-state index in [1.54, 1.807) is 35.2 Å². The molecule has 2 aliphatic rings. The molecule has 1 fully saturated rings. The van der Waals surface area contributed by atoms with E-state index in [0.717, 1.165) is 30.5 Å². The third-order valence-corrected chi connectivity index (χ3v) is 5.42. The number of hydrogen-bond donors (Lipinski definition) is 0. The second kappa shape index (κ2) is 8.09. The molecule has 6 heteroatoms. The summed E-state index contributed by atoms with van der Waals surface area (Å²) in [5, 5.41) is 4.12. The van der Waals surface area contributed by atoms with Gasteiger partial charge in [-0.1, -0.05) is 41.9 Å². The predicted molar refractivity (Wildman–Crippen MR) is 102 cm³/mol. The quantitative estimate of drug-likeness (QED) is 0.746. The van der Waals surface area contributed by atoms with Gasteiger partial charge in [0, 0.05) is 24.4 Å². The van der Waals surface area contributed by atoms with E-state index in [0.29, 0.717) is 18.5 Å². The fourth-order valence-corrected chi connectivity index (χ4v) is 3.56. The van der Waals surface area contributed by atoms with Gasteiger partial charge in [0.25, 0.3) is 0 Å². The molecule has 1 unspecified atom stereocenters. The lowest BCUT2D eigenvalue weighted by atomic mass is 9.84. The van der Waals surface area contributed by atoms with Crippen LogP contribution in [0.25, 0.3) is 0 Å². The fraction of sp³-hybridized carbons (Fsp3) is 0.364. The first kappa shape index (κ1) is 18.6. The molecule has 2 aromatic rings. The lowest BCUT2D eigenvalue weighted by molar-refractivity contribution is -0.140. The molecule has 0 radical (unpaired) electrons. The second-order valence-corrected chi connectivity index (χ2v) is 7.41. The molecule has 1 aliphatic carbocycles. The fourth-order valence-electron chi connectivity index (χ4n) is 3.56. The topological polar surface area (TPSA) is 41.9 Å². The van der Waals surface area contributed by atoms with Crippen molar-refractivity contribution in [1.82, 2.24) is 4.90 Å². The molecule has 0 saturated heterocycles. The van der Waals surface area contributed by atoms with Crippen molar-refractivity contribution in [3.8, 4) is 0 Å². The van der Waals surface area contributed by atoms with E-state index in [4.69, 9.17) is 4.84 Å². The molecule has 0 spiro atoms. The van der Waals surface area contributed by atoms with Gasteiger partial charge in [-0.2, -0.15) is 0 Å². The van der Waals surface area contributed by atoms with Crippen molar-refractivity contribution in [2.24, 2.45) is 11.1 Å². The highest BCUT2D eigenvalue weighted by Crippen LogP contribution is 2.30. The van der Waals surface area contributed by atoms with Crippen molar-refractivity contribution in [2.75, 3.05) is 6.54 Å². The van der Waals surface area contributed by atoms with Crippen molar-refractivity contribution in [1.29, 1.82) is 0 Å². The molecule has 2 aromatic carbocycles. The number of carbonyl (C=O) groups excluding carboxylic acids is 1. The molecule has 0 bridgehead atoms. The van der Waals surface area contributed by atoms with E-state index in [1.807, 2.05) is 0 Å². The molecular formula is C22H22F2N2O2. The van der Waals surface area contributed by atoms with E-state index < -0.39 is 0 Å². The number of rotatable bonds is 6. The van der Waals surface area contributed by atoms with Gasteiger partial charge in [0.1, 0.15) is 11.6 Å². The highest BCUT2D eigenvalue weighted by atomic mass is 19.1. The van der Waals surface area contributed by atoms with Gasteiger partial charge in [0.2, 0.25) is 5.91 Å². The Morgan fingerprint density at radius 1 is 1.11 bits per heavy atom. The Balaban J connectivity index is 1.44. The van der Waals surface area contributed by atoms with Crippen LogP contribution >= 0.6 is 0 Å². The summed E-state index contributed by atoms with van der Waals surface area (Å²) in [4.78, 5) is 20.1. The highest BCUT2D eigenvalue weighted by Gasteiger charge is 2.33. The number of oxime groups is 1. The minimum atomic E-state index is -0.315. The van der Waals surface area contributed by atoms with Gasteiger partial charge < -0.3 is 9.74 Å². The van der Waals surface area contributed by atoms with Crippen LogP contribution in [0.3, 0.4) is 0 Å². The number of carbonyl (C=O) groups is 1. The average Bonchev–Trinajstić information content (AvgIpc) is 3.10. The van der Waals surface area contributed by atoms with Gasteiger partial charge >= 0.3 is 0 Å². The van der Waals surface area contributed by atoms with Gasteiger partial charge in [-0.05, 0) is 36.6 Å². The van der Waals surface area contributed by atoms with Crippen LogP contribution in [0.5, 0.6) is 0 Å². The monoisotopic (exact) mass is 384 g/mol. The molecule has 1 heterocycles. The summed E-state index contributed by atoms with van der Waals surface area (Å²) in [6.07, 6.45) is 3.06. The molecule has 28 heavy (non-hydrogen) atoms. The Kier molecular flexibility index (Phi) is 5.37. The Morgan fingerprint density at radius 2 is 1.86 bits per heavy atom. The molecule has 1 saturated carbocycles. The third-order valence-electron chi connectivity index (χ3n) is 5.42. The molecule has 1 atom stereocenters. The van der Waals surface area contributed by atoms with E-state index in [1.165, 1.54) is 18.2 Å². The average molecular weight is 384 g/mol. The Labute approximate surface area is 162 Å². The summed E-state index contributed by atoms with van der Waals surface area (Å²) in [6.45, 7) is 0.561. The summed E-state index contributed by atoms with van der Waals surface area (Å²) in [5.74, 6) is -0.550. The zero-order valence-corrected chi connectivity index (χ0v) is 15.5. The van der Waals surface area contributed by atoms with Crippen molar-refractivity contribution in [3.05, 3.63) is 71.3 Å². The summed E-state index contributed by atoms with van der Waals surface area (Å²) in [6, 6.07) is 12.6. The van der Waals surface area contributed by atoms with Crippen molar-refractivity contribution >= 4 is 11.6 Å². The van der Waals surface area contributed by atoms with Gasteiger partial charge in [0.05, 0.1) is 12.3 Å². The third kappa shape index (κ3) is 4.06. The van der Waals surface area contributed by atoms with Crippen LogP contribution in [0.2, 0.25) is 0 Å². The normalized spacial score (nSPS) is 18.9.